The topological polar surface area (TPSA) is 92.7 Å². The molecule has 2 aromatic rings. The summed E-state index contributed by atoms with van der Waals surface area (Å²) in [6, 6.07) is 7.64. The minimum atomic E-state index is -3.04. The van der Waals surface area contributed by atoms with Crippen molar-refractivity contribution in [2.75, 3.05) is 50.1 Å². The van der Waals surface area contributed by atoms with Crippen molar-refractivity contribution in [3.05, 3.63) is 30.1 Å². The molecule has 0 radical (unpaired) electrons. The molecule has 1 aromatic carbocycles. The Morgan fingerprint density at radius 1 is 1.25 bits per heavy atom. The fourth-order valence-electron chi connectivity index (χ4n) is 4.22. The highest BCUT2D eigenvalue weighted by atomic mass is 32.2. The van der Waals surface area contributed by atoms with Gasteiger partial charge in [-0.15, -0.1) is 0 Å². The standard InChI is InChI=1S/C22H30N4O4S2/c1-2-8-26(17-7-13-32(28,29)16-17)21(27)15-31-22-18-5-3-4-6-19(18)23-20(24-22)14-25-9-11-30-12-10-25/h3-6,17H,2,7-16H2,1H3. The van der Waals surface area contributed by atoms with Crippen LogP contribution in [0.25, 0.3) is 10.9 Å². The zero-order chi connectivity index (χ0) is 22.6. The first-order chi connectivity index (χ1) is 15.4. The average Bonchev–Trinajstić information content (AvgIpc) is 3.15. The Hall–Kier alpha value is -1.75. The lowest BCUT2D eigenvalue weighted by atomic mass is 10.2. The van der Waals surface area contributed by atoms with Gasteiger partial charge in [0.2, 0.25) is 5.91 Å². The Labute approximate surface area is 193 Å². The number of rotatable bonds is 8. The molecule has 0 aliphatic carbocycles. The third-order valence-corrected chi connectivity index (χ3v) is 8.58. The third kappa shape index (κ3) is 5.78. The summed E-state index contributed by atoms with van der Waals surface area (Å²) in [6.07, 6.45) is 1.33. The third-order valence-electron chi connectivity index (χ3n) is 5.85. The summed E-state index contributed by atoms with van der Waals surface area (Å²) >= 11 is 1.41. The quantitative estimate of drug-likeness (QED) is 0.420. The number of morpholine rings is 1. The van der Waals surface area contributed by atoms with Gasteiger partial charge in [-0.2, -0.15) is 0 Å². The van der Waals surface area contributed by atoms with Gasteiger partial charge in [0.25, 0.3) is 0 Å². The lowest BCUT2D eigenvalue weighted by Gasteiger charge is -2.28. The fraction of sp³-hybridized carbons (Fsp3) is 0.591. The average molecular weight is 479 g/mol. The van der Waals surface area contributed by atoms with Crippen LogP contribution in [0.4, 0.5) is 0 Å². The van der Waals surface area contributed by atoms with Crippen LogP contribution in [0, 0.1) is 0 Å². The van der Waals surface area contributed by atoms with E-state index in [1.165, 1.54) is 11.8 Å². The number of ether oxygens (including phenoxy) is 1. The van der Waals surface area contributed by atoms with Gasteiger partial charge in [-0.3, -0.25) is 9.69 Å². The van der Waals surface area contributed by atoms with Crippen LogP contribution in [0.15, 0.2) is 29.3 Å². The van der Waals surface area contributed by atoms with E-state index in [-0.39, 0.29) is 29.2 Å². The first-order valence-corrected chi connectivity index (χ1v) is 13.9. The van der Waals surface area contributed by atoms with Gasteiger partial charge in [-0.05, 0) is 18.9 Å². The number of fused-ring (bicyclic) bond motifs is 1. The largest absolute Gasteiger partial charge is 0.379 e. The molecule has 1 aromatic heterocycles. The predicted octanol–water partition coefficient (Wildman–Crippen LogP) is 1.98. The highest BCUT2D eigenvalue weighted by Gasteiger charge is 2.34. The number of hydrogen-bond acceptors (Lipinski definition) is 8. The van der Waals surface area contributed by atoms with E-state index in [0.29, 0.717) is 32.7 Å². The van der Waals surface area contributed by atoms with E-state index >= 15 is 0 Å². The SMILES string of the molecule is CCCN(C(=O)CSc1nc(CN2CCOCC2)nc2ccccc12)C1CCS(=O)(=O)C1. The summed E-state index contributed by atoms with van der Waals surface area (Å²) < 4.78 is 29.3. The monoisotopic (exact) mass is 478 g/mol. The number of aromatic nitrogens is 2. The molecule has 0 spiro atoms. The highest BCUT2D eigenvalue weighted by Crippen LogP contribution is 2.27. The highest BCUT2D eigenvalue weighted by molar-refractivity contribution is 8.00. The van der Waals surface area contributed by atoms with E-state index < -0.39 is 9.84 Å². The van der Waals surface area contributed by atoms with Crippen LogP contribution in [0.5, 0.6) is 0 Å². The fourth-order valence-corrected chi connectivity index (χ4v) is 6.87. The smallest absolute Gasteiger partial charge is 0.233 e. The predicted molar refractivity (Wildman–Crippen MR) is 125 cm³/mol. The van der Waals surface area contributed by atoms with Crippen molar-refractivity contribution in [3.8, 4) is 0 Å². The van der Waals surface area contributed by atoms with Crippen molar-refractivity contribution in [1.29, 1.82) is 0 Å². The molecule has 1 amide bonds. The molecule has 174 valence electrons. The minimum Gasteiger partial charge on any atom is -0.379 e. The number of benzene rings is 1. The second-order valence-electron chi connectivity index (χ2n) is 8.28. The molecule has 0 saturated carbocycles. The van der Waals surface area contributed by atoms with Crippen molar-refractivity contribution >= 4 is 38.4 Å². The molecule has 32 heavy (non-hydrogen) atoms. The van der Waals surface area contributed by atoms with Crippen molar-refractivity contribution in [2.24, 2.45) is 0 Å². The van der Waals surface area contributed by atoms with Gasteiger partial charge in [0.05, 0.1) is 42.5 Å². The van der Waals surface area contributed by atoms with Gasteiger partial charge in [0.15, 0.2) is 9.84 Å². The first-order valence-electron chi connectivity index (χ1n) is 11.1. The molecule has 8 nitrogen and oxygen atoms in total. The molecule has 2 saturated heterocycles. The van der Waals surface area contributed by atoms with Crippen molar-refractivity contribution in [2.45, 2.75) is 37.4 Å². The van der Waals surface area contributed by atoms with E-state index in [2.05, 4.69) is 4.90 Å². The molecule has 0 bridgehead atoms. The molecule has 3 heterocycles. The van der Waals surface area contributed by atoms with Crippen molar-refractivity contribution < 1.29 is 17.9 Å². The lowest BCUT2D eigenvalue weighted by molar-refractivity contribution is -0.130. The van der Waals surface area contributed by atoms with Crippen molar-refractivity contribution in [1.82, 2.24) is 19.8 Å². The molecule has 10 heteroatoms. The molecule has 1 atom stereocenters. The molecular weight excluding hydrogens is 448 g/mol. The molecule has 0 N–H and O–H groups in total. The summed E-state index contributed by atoms with van der Waals surface area (Å²) in [6.45, 7) is 6.37. The maximum absolute atomic E-state index is 13.1. The number of para-hydroxylation sites is 1. The normalized spacial score (nSPS) is 21.1. The van der Waals surface area contributed by atoms with Crippen LogP contribution in [0.1, 0.15) is 25.6 Å². The van der Waals surface area contributed by atoms with Crippen LogP contribution in [0.3, 0.4) is 0 Å². The second kappa shape index (κ2) is 10.5. The lowest BCUT2D eigenvalue weighted by Crippen LogP contribution is -2.42. The van der Waals surface area contributed by atoms with E-state index in [0.717, 1.165) is 41.3 Å². The number of sulfone groups is 1. The summed E-state index contributed by atoms with van der Waals surface area (Å²) in [5, 5.41) is 1.73. The minimum absolute atomic E-state index is 0.0311. The van der Waals surface area contributed by atoms with Crippen LogP contribution in [0.2, 0.25) is 0 Å². The number of carbonyl (C=O) groups excluding carboxylic acids is 1. The van der Waals surface area contributed by atoms with E-state index in [1.807, 2.05) is 31.2 Å². The Balaban J connectivity index is 1.50. The molecule has 4 rings (SSSR count). The first kappa shape index (κ1) is 23.4. The zero-order valence-corrected chi connectivity index (χ0v) is 20.0. The van der Waals surface area contributed by atoms with Crippen LogP contribution in [-0.4, -0.2) is 90.2 Å². The number of hydrogen-bond donors (Lipinski definition) is 0. The maximum Gasteiger partial charge on any atom is 0.233 e. The molecule has 2 aliphatic rings. The summed E-state index contributed by atoms with van der Waals surface area (Å²) in [7, 11) is -3.04. The van der Waals surface area contributed by atoms with Crippen LogP contribution >= 0.6 is 11.8 Å². The Bertz CT molecular complexity index is 1060. The van der Waals surface area contributed by atoms with Crippen LogP contribution in [-0.2, 0) is 25.9 Å². The van der Waals surface area contributed by atoms with Crippen molar-refractivity contribution in [3.63, 3.8) is 0 Å². The van der Waals surface area contributed by atoms with E-state index in [9.17, 15) is 13.2 Å². The van der Waals surface area contributed by atoms with Crippen LogP contribution < -0.4 is 0 Å². The van der Waals surface area contributed by atoms with Gasteiger partial charge < -0.3 is 9.64 Å². The number of amides is 1. The number of carbonyl (C=O) groups is 1. The number of thioether (sulfide) groups is 1. The summed E-state index contributed by atoms with van der Waals surface area (Å²) in [5.74, 6) is 1.18. The van der Waals surface area contributed by atoms with Gasteiger partial charge >= 0.3 is 0 Å². The molecular formula is C22H30N4O4S2. The van der Waals surface area contributed by atoms with Gasteiger partial charge in [0.1, 0.15) is 10.9 Å². The molecule has 2 aliphatic heterocycles. The summed E-state index contributed by atoms with van der Waals surface area (Å²) in [4.78, 5) is 26.6. The van der Waals surface area contributed by atoms with Gasteiger partial charge in [-0.25, -0.2) is 18.4 Å². The number of nitrogens with zero attached hydrogens (tertiary/aromatic N) is 4. The molecule has 1 unspecified atom stereocenters. The molecule has 2 fully saturated rings. The Kier molecular flexibility index (Phi) is 7.65. The Morgan fingerprint density at radius 3 is 2.75 bits per heavy atom. The van der Waals surface area contributed by atoms with E-state index in [1.54, 1.807) is 4.90 Å². The van der Waals surface area contributed by atoms with Gasteiger partial charge in [-0.1, -0.05) is 36.9 Å². The Morgan fingerprint density at radius 2 is 2.03 bits per heavy atom. The summed E-state index contributed by atoms with van der Waals surface area (Å²) in [5.41, 5.74) is 0.869. The second-order valence-corrected chi connectivity index (χ2v) is 11.5. The maximum atomic E-state index is 13.1. The van der Waals surface area contributed by atoms with Gasteiger partial charge in [0, 0.05) is 31.1 Å². The van der Waals surface area contributed by atoms with E-state index in [4.69, 9.17) is 14.7 Å². The zero-order valence-electron chi connectivity index (χ0n) is 18.4.